The number of halogens is 4. The minimum atomic E-state index is -4.58. The van der Waals surface area contributed by atoms with E-state index < -0.39 is 11.7 Å². The number of Topliss-reactive ketones (excluding diaryl/α,β-unsaturated/α-hetero) is 1. The predicted octanol–water partition coefficient (Wildman–Crippen LogP) is 5.23. The Kier molecular flexibility index (Phi) is 7.38. The molecule has 1 atom stereocenters. The Bertz CT molecular complexity index is 997. The average Bonchev–Trinajstić information content (AvgIpc) is 2.73. The van der Waals surface area contributed by atoms with Crippen LogP contribution in [0, 0.1) is 11.8 Å². The first-order valence-corrected chi connectivity index (χ1v) is 10.7. The smallest absolute Gasteiger partial charge is 0.356 e. The molecule has 1 aliphatic rings. The van der Waals surface area contributed by atoms with E-state index in [9.17, 15) is 22.8 Å². The summed E-state index contributed by atoms with van der Waals surface area (Å²) in [6.45, 7) is 4.20. The molecule has 0 aliphatic carbocycles. The summed E-state index contributed by atoms with van der Waals surface area (Å²) in [7, 11) is 0. The number of alkyl halides is 3. The van der Waals surface area contributed by atoms with Crippen molar-refractivity contribution < 1.29 is 22.8 Å². The first-order valence-electron chi connectivity index (χ1n) is 10.3. The fraction of sp³-hybridized carbons (Fsp3) is 0.455. The molecule has 0 unspecified atom stereocenters. The van der Waals surface area contributed by atoms with E-state index in [0.29, 0.717) is 24.3 Å². The third-order valence-electron chi connectivity index (χ3n) is 5.29. The molecule has 0 radical (unpaired) electrons. The summed E-state index contributed by atoms with van der Waals surface area (Å²) in [6, 6.07) is 3.96. The second-order valence-corrected chi connectivity index (χ2v) is 8.61. The molecule has 6 nitrogen and oxygen atoms in total. The topological polar surface area (TPSA) is 75.2 Å². The summed E-state index contributed by atoms with van der Waals surface area (Å²) in [4.78, 5) is 34.3. The first kappa shape index (κ1) is 24.0. The van der Waals surface area contributed by atoms with Gasteiger partial charge in [-0.3, -0.25) is 9.59 Å². The molecule has 3 rings (SSSR count). The van der Waals surface area contributed by atoms with E-state index in [1.54, 1.807) is 24.8 Å². The number of rotatable bonds is 6. The predicted molar refractivity (Wildman–Crippen MR) is 116 cm³/mol. The van der Waals surface area contributed by atoms with E-state index in [0.717, 1.165) is 12.5 Å². The highest BCUT2D eigenvalue weighted by Crippen LogP contribution is 2.38. The van der Waals surface area contributed by atoms with Crippen LogP contribution in [0.25, 0.3) is 0 Å². The Morgan fingerprint density at radius 3 is 2.72 bits per heavy atom. The van der Waals surface area contributed by atoms with E-state index in [4.69, 9.17) is 11.6 Å². The van der Waals surface area contributed by atoms with Crippen LogP contribution in [-0.2, 0) is 11.0 Å². The maximum atomic E-state index is 13.5. The maximum absolute atomic E-state index is 13.5. The standard InChI is InChI=1S/C22H24ClF3N4O2/c1-13(2)21(32)29-19-9-15(5-6-27-19)18(31)8-14-4-3-7-30(12-14)20-17(22(24,25)26)10-16(23)11-28-20/h5-6,9-11,13-14H,3-4,7-8,12H2,1-2H3,(H,27,29,32)/t14-/m0/s1. The van der Waals surface area contributed by atoms with Gasteiger partial charge in [0.25, 0.3) is 0 Å². The number of amides is 1. The number of aromatic nitrogens is 2. The highest BCUT2D eigenvalue weighted by atomic mass is 35.5. The van der Waals surface area contributed by atoms with Gasteiger partial charge in [0, 0.05) is 43.4 Å². The van der Waals surface area contributed by atoms with Gasteiger partial charge >= 0.3 is 6.18 Å². The van der Waals surface area contributed by atoms with Crippen LogP contribution in [0.5, 0.6) is 0 Å². The number of hydrogen-bond donors (Lipinski definition) is 1. The van der Waals surface area contributed by atoms with Crippen LogP contribution in [0.3, 0.4) is 0 Å². The highest BCUT2D eigenvalue weighted by Gasteiger charge is 2.37. The number of pyridine rings is 2. The molecule has 1 N–H and O–H groups in total. The minimum Gasteiger partial charge on any atom is -0.356 e. The fourth-order valence-corrected chi connectivity index (χ4v) is 3.80. The molecular weight excluding hydrogens is 445 g/mol. The molecular formula is C22H24ClF3N4O2. The lowest BCUT2D eigenvalue weighted by Gasteiger charge is -2.34. The molecule has 3 heterocycles. The summed E-state index contributed by atoms with van der Waals surface area (Å²) in [6.07, 6.45) is -0.393. The molecule has 10 heteroatoms. The third kappa shape index (κ3) is 5.97. The highest BCUT2D eigenvalue weighted by molar-refractivity contribution is 6.30. The van der Waals surface area contributed by atoms with Crippen molar-refractivity contribution in [2.45, 2.75) is 39.3 Å². The molecule has 2 aromatic heterocycles. The number of carbonyl (C=O) groups is 2. The van der Waals surface area contributed by atoms with Crippen molar-refractivity contribution in [3.05, 3.63) is 46.7 Å². The number of piperidine rings is 1. The van der Waals surface area contributed by atoms with Crippen LogP contribution in [0.2, 0.25) is 5.02 Å². The molecule has 0 bridgehead atoms. The summed E-state index contributed by atoms with van der Waals surface area (Å²) in [5.74, 6) is -0.592. The zero-order chi connectivity index (χ0) is 23.5. The Morgan fingerprint density at radius 2 is 2.03 bits per heavy atom. The molecule has 2 aromatic rings. The molecule has 0 aromatic carbocycles. The molecule has 32 heavy (non-hydrogen) atoms. The third-order valence-corrected chi connectivity index (χ3v) is 5.50. The van der Waals surface area contributed by atoms with Crippen LogP contribution in [0.1, 0.15) is 49.0 Å². The molecule has 172 valence electrons. The molecule has 1 aliphatic heterocycles. The largest absolute Gasteiger partial charge is 0.420 e. The van der Waals surface area contributed by atoms with Gasteiger partial charge in [0.15, 0.2) is 5.78 Å². The van der Waals surface area contributed by atoms with E-state index in [2.05, 4.69) is 15.3 Å². The van der Waals surface area contributed by atoms with Gasteiger partial charge in [0.05, 0.1) is 10.6 Å². The normalized spacial score (nSPS) is 16.8. The molecule has 1 amide bonds. The van der Waals surface area contributed by atoms with Gasteiger partial charge in [-0.05, 0) is 37.0 Å². The van der Waals surface area contributed by atoms with Gasteiger partial charge in [0.1, 0.15) is 11.6 Å². The van der Waals surface area contributed by atoms with Gasteiger partial charge in [-0.25, -0.2) is 9.97 Å². The van der Waals surface area contributed by atoms with Crippen LogP contribution in [0.4, 0.5) is 24.8 Å². The van der Waals surface area contributed by atoms with Gasteiger partial charge in [-0.15, -0.1) is 0 Å². The molecule has 0 spiro atoms. The van der Waals surface area contributed by atoms with Crippen LogP contribution < -0.4 is 10.2 Å². The van der Waals surface area contributed by atoms with Crippen molar-refractivity contribution in [3.63, 3.8) is 0 Å². The Morgan fingerprint density at radius 1 is 1.28 bits per heavy atom. The van der Waals surface area contributed by atoms with Crippen LogP contribution in [0.15, 0.2) is 30.6 Å². The number of nitrogens with zero attached hydrogens (tertiary/aromatic N) is 3. The lowest BCUT2D eigenvalue weighted by atomic mass is 9.91. The van der Waals surface area contributed by atoms with Crippen molar-refractivity contribution in [3.8, 4) is 0 Å². The van der Waals surface area contributed by atoms with E-state index >= 15 is 0 Å². The maximum Gasteiger partial charge on any atom is 0.420 e. The zero-order valence-corrected chi connectivity index (χ0v) is 18.5. The monoisotopic (exact) mass is 468 g/mol. The Labute approximate surface area is 189 Å². The van der Waals surface area contributed by atoms with Crippen molar-refractivity contribution in [1.82, 2.24) is 9.97 Å². The van der Waals surface area contributed by atoms with Crippen molar-refractivity contribution >= 4 is 34.9 Å². The summed E-state index contributed by atoms with van der Waals surface area (Å²) < 4.78 is 40.4. The van der Waals surface area contributed by atoms with Crippen LogP contribution >= 0.6 is 11.6 Å². The summed E-state index contributed by atoms with van der Waals surface area (Å²) in [5, 5.41) is 2.58. The number of hydrogen-bond acceptors (Lipinski definition) is 5. The minimum absolute atomic E-state index is 0.0807. The average molecular weight is 469 g/mol. The second-order valence-electron chi connectivity index (χ2n) is 8.18. The van der Waals surface area contributed by atoms with Crippen molar-refractivity contribution in [2.24, 2.45) is 11.8 Å². The molecule has 1 fully saturated rings. The Hall–Kier alpha value is -2.68. The van der Waals surface area contributed by atoms with Gasteiger partial charge in [0.2, 0.25) is 5.91 Å². The summed E-state index contributed by atoms with van der Waals surface area (Å²) in [5.41, 5.74) is -0.478. The van der Waals surface area contributed by atoms with E-state index in [-0.39, 0.29) is 47.3 Å². The summed E-state index contributed by atoms with van der Waals surface area (Å²) >= 11 is 5.73. The number of nitrogens with one attached hydrogen (secondary N) is 1. The lowest BCUT2D eigenvalue weighted by Crippen LogP contribution is -2.38. The van der Waals surface area contributed by atoms with Gasteiger partial charge in [-0.2, -0.15) is 13.2 Å². The Balaban J connectivity index is 1.71. The van der Waals surface area contributed by atoms with Crippen molar-refractivity contribution in [2.75, 3.05) is 23.3 Å². The zero-order valence-electron chi connectivity index (χ0n) is 17.7. The van der Waals surface area contributed by atoms with Crippen molar-refractivity contribution in [1.29, 1.82) is 0 Å². The lowest BCUT2D eigenvalue weighted by molar-refractivity contribution is -0.137. The van der Waals surface area contributed by atoms with Crippen LogP contribution in [-0.4, -0.2) is 34.7 Å². The molecule has 0 saturated carbocycles. The van der Waals surface area contributed by atoms with E-state index in [1.807, 2.05) is 0 Å². The number of carbonyl (C=O) groups excluding carboxylic acids is 2. The number of anilines is 2. The number of ketones is 1. The SMILES string of the molecule is CC(C)C(=O)Nc1cc(C(=O)C[C@@H]2CCCN(c3ncc(Cl)cc3C(F)(F)F)C2)ccn1. The molecule has 1 saturated heterocycles. The second kappa shape index (κ2) is 9.85. The quantitative estimate of drug-likeness (QED) is 0.587. The fourth-order valence-electron chi connectivity index (χ4n) is 3.64. The van der Waals surface area contributed by atoms with E-state index in [1.165, 1.54) is 18.5 Å². The van der Waals surface area contributed by atoms with Gasteiger partial charge in [-0.1, -0.05) is 25.4 Å². The van der Waals surface area contributed by atoms with Gasteiger partial charge < -0.3 is 10.2 Å². The first-order chi connectivity index (χ1) is 15.0.